The largest absolute Gasteiger partial charge is 0.135 e. The highest BCUT2D eigenvalue weighted by Gasteiger charge is 2.08. The standard InChI is InChI=1S/C25H18S/c1-17-11-12-19(15-22(17)18-7-3-2-4-8-18)20-13-14-25-23(16-20)21-9-5-6-10-24(21)26-25/h2-16H,1H3. The summed E-state index contributed by atoms with van der Waals surface area (Å²) >= 11 is 1.87. The summed E-state index contributed by atoms with van der Waals surface area (Å²) < 4.78 is 2.71. The van der Waals surface area contributed by atoms with Crippen LogP contribution in [-0.4, -0.2) is 0 Å². The number of rotatable bonds is 2. The van der Waals surface area contributed by atoms with Gasteiger partial charge in [0, 0.05) is 20.2 Å². The second-order valence-electron chi connectivity index (χ2n) is 6.70. The maximum absolute atomic E-state index is 2.34. The van der Waals surface area contributed by atoms with E-state index in [2.05, 4.69) is 97.9 Å². The third kappa shape index (κ3) is 2.53. The van der Waals surface area contributed by atoms with Crippen molar-refractivity contribution >= 4 is 31.5 Å². The molecule has 0 aliphatic heterocycles. The summed E-state index contributed by atoms with van der Waals surface area (Å²) in [6.07, 6.45) is 0. The van der Waals surface area contributed by atoms with Crippen molar-refractivity contribution in [3.63, 3.8) is 0 Å². The van der Waals surface area contributed by atoms with Gasteiger partial charge in [-0.3, -0.25) is 0 Å². The molecular weight excluding hydrogens is 332 g/mol. The Morgan fingerprint density at radius 1 is 0.538 bits per heavy atom. The molecule has 0 radical (unpaired) electrons. The second-order valence-corrected chi connectivity index (χ2v) is 7.79. The molecule has 0 spiro atoms. The van der Waals surface area contributed by atoms with Gasteiger partial charge in [-0.1, -0.05) is 66.7 Å². The van der Waals surface area contributed by atoms with Crippen LogP contribution >= 0.6 is 11.3 Å². The molecule has 0 fully saturated rings. The average molecular weight is 350 g/mol. The Kier molecular flexibility index (Phi) is 3.62. The molecule has 0 amide bonds. The predicted octanol–water partition coefficient (Wildman–Crippen LogP) is 7.70. The highest BCUT2D eigenvalue weighted by Crippen LogP contribution is 2.37. The lowest BCUT2D eigenvalue weighted by Gasteiger charge is -2.10. The van der Waals surface area contributed by atoms with Crippen molar-refractivity contribution in [2.45, 2.75) is 6.92 Å². The Hall–Kier alpha value is -2.90. The molecule has 0 unspecified atom stereocenters. The van der Waals surface area contributed by atoms with E-state index in [0.29, 0.717) is 0 Å². The van der Waals surface area contributed by atoms with Crippen LogP contribution in [-0.2, 0) is 0 Å². The Morgan fingerprint density at radius 3 is 2.12 bits per heavy atom. The van der Waals surface area contributed by atoms with Crippen LogP contribution in [0.2, 0.25) is 0 Å². The first-order valence-electron chi connectivity index (χ1n) is 8.87. The normalized spacial score (nSPS) is 11.3. The Balaban J connectivity index is 1.69. The zero-order valence-corrected chi connectivity index (χ0v) is 15.4. The lowest BCUT2D eigenvalue weighted by Crippen LogP contribution is -1.85. The first-order chi connectivity index (χ1) is 12.8. The van der Waals surface area contributed by atoms with Crippen LogP contribution < -0.4 is 0 Å². The van der Waals surface area contributed by atoms with Crippen LogP contribution in [0.25, 0.3) is 42.4 Å². The van der Waals surface area contributed by atoms with Crippen molar-refractivity contribution < 1.29 is 0 Å². The van der Waals surface area contributed by atoms with Crippen molar-refractivity contribution in [1.82, 2.24) is 0 Å². The molecular formula is C25H18S. The van der Waals surface area contributed by atoms with Gasteiger partial charge in [-0.25, -0.2) is 0 Å². The fraction of sp³-hybridized carbons (Fsp3) is 0.0400. The van der Waals surface area contributed by atoms with Crippen LogP contribution in [0.1, 0.15) is 5.56 Å². The SMILES string of the molecule is Cc1ccc(-c2ccc3sc4ccccc4c3c2)cc1-c1ccccc1. The van der Waals surface area contributed by atoms with Gasteiger partial charge in [0.25, 0.3) is 0 Å². The molecule has 1 aromatic heterocycles. The lowest BCUT2D eigenvalue weighted by atomic mass is 9.95. The van der Waals surface area contributed by atoms with Crippen LogP contribution in [0.3, 0.4) is 0 Å². The number of aryl methyl sites for hydroxylation is 1. The quantitative estimate of drug-likeness (QED) is 0.306. The summed E-state index contributed by atoms with van der Waals surface area (Å²) in [5, 5.41) is 2.70. The van der Waals surface area contributed by atoms with Crippen molar-refractivity contribution in [2.75, 3.05) is 0 Å². The molecule has 0 bridgehead atoms. The van der Waals surface area contributed by atoms with E-state index in [0.717, 1.165) is 0 Å². The van der Waals surface area contributed by atoms with Crippen molar-refractivity contribution in [2.24, 2.45) is 0 Å². The molecule has 0 saturated heterocycles. The molecule has 1 heteroatoms. The van der Waals surface area contributed by atoms with Gasteiger partial charge in [-0.15, -0.1) is 11.3 Å². The minimum atomic E-state index is 1.27. The van der Waals surface area contributed by atoms with Gasteiger partial charge in [0.05, 0.1) is 0 Å². The van der Waals surface area contributed by atoms with Crippen LogP contribution in [0.15, 0.2) is 91.0 Å². The Morgan fingerprint density at radius 2 is 1.23 bits per heavy atom. The summed E-state index contributed by atoms with van der Waals surface area (Å²) in [5.74, 6) is 0. The first-order valence-corrected chi connectivity index (χ1v) is 9.69. The maximum Gasteiger partial charge on any atom is 0.0355 e. The zero-order valence-electron chi connectivity index (χ0n) is 14.6. The lowest BCUT2D eigenvalue weighted by molar-refractivity contribution is 1.45. The number of hydrogen-bond acceptors (Lipinski definition) is 1. The summed E-state index contributed by atoms with van der Waals surface area (Å²) in [5.41, 5.74) is 6.43. The van der Waals surface area contributed by atoms with Crippen molar-refractivity contribution in [3.8, 4) is 22.3 Å². The van der Waals surface area contributed by atoms with Gasteiger partial charge >= 0.3 is 0 Å². The predicted molar refractivity (Wildman–Crippen MR) is 115 cm³/mol. The molecule has 26 heavy (non-hydrogen) atoms. The Bertz CT molecular complexity index is 1230. The minimum absolute atomic E-state index is 1.27. The summed E-state index contributed by atoms with van der Waals surface area (Å²) in [6.45, 7) is 2.18. The van der Waals surface area contributed by atoms with Gasteiger partial charge < -0.3 is 0 Å². The molecule has 5 aromatic rings. The molecule has 0 N–H and O–H groups in total. The molecule has 0 atom stereocenters. The summed E-state index contributed by atoms with van der Waals surface area (Å²) in [7, 11) is 0. The fourth-order valence-electron chi connectivity index (χ4n) is 3.64. The maximum atomic E-state index is 2.34. The number of benzene rings is 4. The van der Waals surface area contributed by atoms with Crippen molar-refractivity contribution in [3.05, 3.63) is 96.6 Å². The van der Waals surface area contributed by atoms with E-state index in [9.17, 15) is 0 Å². The fourth-order valence-corrected chi connectivity index (χ4v) is 4.72. The first kappa shape index (κ1) is 15.4. The van der Waals surface area contributed by atoms with E-state index in [4.69, 9.17) is 0 Å². The third-order valence-electron chi connectivity index (χ3n) is 5.03. The monoisotopic (exact) mass is 350 g/mol. The van der Waals surface area contributed by atoms with E-state index in [1.165, 1.54) is 48.0 Å². The zero-order chi connectivity index (χ0) is 17.5. The second kappa shape index (κ2) is 6.12. The molecule has 4 aromatic carbocycles. The van der Waals surface area contributed by atoms with Crippen LogP contribution in [0, 0.1) is 6.92 Å². The molecule has 0 aliphatic rings. The smallest absolute Gasteiger partial charge is 0.0355 e. The minimum Gasteiger partial charge on any atom is -0.135 e. The van der Waals surface area contributed by atoms with Gasteiger partial charge in [-0.05, 0) is 59.0 Å². The molecule has 0 aliphatic carbocycles. The van der Waals surface area contributed by atoms with Gasteiger partial charge in [-0.2, -0.15) is 0 Å². The highest BCUT2D eigenvalue weighted by molar-refractivity contribution is 7.25. The Labute approximate surface area is 157 Å². The van der Waals surface area contributed by atoms with Gasteiger partial charge in [0.15, 0.2) is 0 Å². The molecule has 124 valence electrons. The van der Waals surface area contributed by atoms with Gasteiger partial charge in [0.1, 0.15) is 0 Å². The van der Waals surface area contributed by atoms with E-state index in [1.807, 2.05) is 11.3 Å². The van der Waals surface area contributed by atoms with E-state index in [1.54, 1.807) is 0 Å². The highest BCUT2D eigenvalue weighted by atomic mass is 32.1. The third-order valence-corrected chi connectivity index (χ3v) is 6.18. The topological polar surface area (TPSA) is 0 Å². The van der Waals surface area contributed by atoms with Crippen LogP contribution in [0.5, 0.6) is 0 Å². The van der Waals surface area contributed by atoms with Crippen LogP contribution in [0.4, 0.5) is 0 Å². The summed E-state index contributed by atoms with van der Waals surface area (Å²) in [6, 6.07) is 32.9. The van der Waals surface area contributed by atoms with Crippen molar-refractivity contribution in [1.29, 1.82) is 0 Å². The number of fused-ring (bicyclic) bond motifs is 3. The average Bonchev–Trinajstić information content (AvgIpc) is 3.07. The van der Waals surface area contributed by atoms with E-state index >= 15 is 0 Å². The molecule has 0 saturated carbocycles. The number of thiophene rings is 1. The van der Waals surface area contributed by atoms with Gasteiger partial charge in [0.2, 0.25) is 0 Å². The van der Waals surface area contributed by atoms with E-state index < -0.39 is 0 Å². The van der Waals surface area contributed by atoms with E-state index in [-0.39, 0.29) is 0 Å². The molecule has 1 heterocycles. The molecule has 0 nitrogen and oxygen atoms in total. The number of hydrogen-bond donors (Lipinski definition) is 0. The molecule has 5 rings (SSSR count). The summed E-state index contributed by atoms with van der Waals surface area (Å²) in [4.78, 5) is 0.